The Bertz CT molecular complexity index is 1200. The Morgan fingerprint density at radius 1 is 1.06 bits per heavy atom. The van der Waals surface area contributed by atoms with Crippen LogP contribution >= 0.6 is 11.6 Å². The molecule has 1 aliphatic heterocycles. The number of aromatic nitrogens is 1. The zero-order chi connectivity index (χ0) is 22.0. The quantitative estimate of drug-likeness (QED) is 0.588. The van der Waals surface area contributed by atoms with Gasteiger partial charge in [-0.25, -0.2) is 8.42 Å². The van der Waals surface area contributed by atoms with E-state index in [0.717, 1.165) is 12.8 Å². The summed E-state index contributed by atoms with van der Waals surface area (Å²) in [4.78, 5) is 13.1. The Morgan fingerprint density at radius 2 is 1.77 bits per heavy atom. The molecule has 31 heavy (non-hydrogen) atoms. The molecular weight excluding hydrogens is 438 g/mol. The Kier molecular flexibility index (Phi) is 6.04. The van der Waals surface area contributed by atoms with E-state index in [2.05, 4.69) is 5.32 Å². The van der Waals surface area contributed by atoms with Gasteiger partial charge >= 0.3 is 0 Å². The molecule has 0 radical (unpaired) electrons. The zero-order valence-corrected chi connectivity index (χ0v) is 18.5. The predicted molar refractivity (Wildman–Crippen MR) is 119 cm³/mol. The monoisotopic (exact) mass is 459 g/mol. The number of amides is 1. The molecule has 1 amide bonds. The number of hydrogen-bond donors (Lipinski definition) is 1. The average molecular weight is 460 g/mol. The lowest BCUT2D eigenvalue weighted by Crippen LogP contribution is -2.27. The number of halogens is 1. The highest BCUT2D eigenvalue weighted by Gasteiger charge is 2.29. The first kappa shape index (κ1) is 21.4. The van der Waals surface area contributed by atoms with Crippen LogP contribution in [0.15, 0.2) is 65.7 Å². The van der Waals surface area contributed by atoms with Crippen molar-refractivity contribution in [2.45, 2.75) is 17.7 Å². The normalized spacial score (nSPS) is 14.5. The number of rotatable bonds is 6. The lowest BCUT2D eigenvalue weighted by molar-refractivity contribution is 0.101. The van der Waals surface area contributed by atoms with Crippen LogP contribution in [0.5, 0.6) is 11.5 Å². The summed E-state index contributed by atoms with van der Waals surface area (Å²) in [5, 5.41) is 3.22. The molecule has 1 N–H and O–H groups in total. The molecule has 9 heteroatoms. The minimum atomic E-state index is -3.62. The lowest BCUT2D eigenvalue weighted by Gasteiger charge is -2.13. The summed E-state index contributed by atoms with van der Waals surface area (Å²) in [5.41, 5.74) is 0.593. The molecule has 2 aromatic carbocycles. The van der Waals surface area contributed by atoms with E-state index in [1.807, 2.05) is 18.2 Å². The maximum atomic E-state index is 13.0. The molecule has 0 bridgehead atoms. The molecule has 0 spiro atoms. The summed E-state index contributed by atoms with van der Waals surface area (Å²) >= 11 is 6.12. The molecule has 4 rings (SSSR count). The van der Waals surface area contributed by atoms with Crippen LogP contribution in [0.3, 0.4) is 0 Å². The number of anilines is 1. The van der Waals surface area contributed by atoms with E-state index in [9.17, 15) is 13.2 Å². The highest BCUT2D eigenvalue weighted by Crippen LogP contribution is 2.32. The average Bonchev–Trinajstić information content (AvgIpc) is 3.41. The van der Waals surface area contributed by atoms with Gasteiger partial charge in [-0.15, -0.1) is 0 Å². The van der Waals surface area contributed by atoms with Crippen LogP contribution in [-0.2, 0) is 17.1 Å². The van der Waals surface area contributed by atoms with Crippen LogP contribution < -0.4 is 10.1 Å². The van der Waals surface area contributed by atoms with E-state index in [0.29, 0.717) is 35.3 Å². The second-order valence-electron chi connectivity index (χ2n) is 7.29. The number of sulfonamides is 1. The molecular formula is C22H22ClN3O4S. The molecule has 7 nitrogen and oxygen atoms in total. The van der Waals surface area contributed by atoms with Gasteiger partial charge in [-0.05, 0) is 49.2 Å². The van der Waals surface area contributed by atoms with Crippen LogP contribution in [0.4, 0.5) is 5.69 Å². The van der Waals surface area contributed by atoms with Gasteiger partial charge in [-0.2, -0.15) is 4.31 Å². The zero-order valence-electron chi connectivity index (χ0n) is 16.9. The van der Waals surface area contributed by atoms with Gasteiger partial charge in [-0.3, -0.25) is 4.79 Å². The highest BCUT2D eigenvalue weighted by molar-refractivity contribution is 7.89. The van der Waals surface area contributed by atoms with Gasteiger partial charge in [-0.1, -0.05) is 29.8 Å². The number of benzene rings is 2. The van der Waals surface area contributed by atoms with E-state index >= 15 is 0 Å². The first-order valence-electron chi connectivity index (χ1n) is 9.85. The van der Waals surface area contributed by atoms with Gasteiger partial charge < -0.3 is 14.6 Å². The van der Waals surface area contributed by atoms with Crippen LogP contribution in [0, 0.1) is 0 Å². The lowest BCUT2D eigenvalue weighted by atomic mass is 10.2. The van der Waals surface area contributed by atoms with E-state index in [1.165, 1.54) is 21.1 Å². The third kappa shape index (κ3) is 4.61. The molecule has 1 aliphatic rings. The van der Waals surface area contributed by atoms with Crippen molar-refractivity contribution < 1.29 is 17.9 Å². The summed E-state index contributed by atoms with van der Waals surface area (Å²) in [7, 11) is -1.98. The highest BCUT2D eigenvalue weighted by atomic mass is 35.5. The van der Waals surface area contributed by atoms with Crippen LogP contribution in [-0.4, -0.2) is 36.3 Å². The largest absolute Gasteiger partial charge is 0.455 e. The van der Waals surface area contributed by atoms with Gasteiger partial charge in [0.15, 0.2) is 5.75 Å². The van der Waals surface area contributed by atoms with E-state index in [1.54, 1.807) is 37.4 Å². The Balaban J connectivity index is 1.59. The Hall–Kier alpha value is -2.81. The maximum Gasteiger partial charge on any atom is 0.272 e. The van der Waals surface area contributed by atoms with E-state index < -0.39 is 15.9 Å². The number of nitrogens with one attached hydrogen (secondary N) is 1. The SMILES string of the molecule is Cn1cc(S(=O)(=O)N2CCCC2)cc1C(=O)Nc1cc(Cl)ccc1Oc1ccccc1. The van der Waals surface area contributed by atoms with E-state index in [-0.39, 0.29) is 10.6 Å². The molecule has 1 saturated heterocycles. The smallest absolute Gasteiger partial charge is 0.272 e. The fourth-order valence-electron chi connectivity index (χ4n) is 3.47. The standard InChI is InChI=1S/C22H22ClN3O4S/c1-25-15-18(31(28,29)26-11-5-6-12-26)14-20(25)22(27)24-19-13-16(23)9-10-21(19)30-17-7-3-2-4-8-17/h2-4,7-10,13-15H,5-6,11-12H2,1H3,(H,24,27). The number of nitrogens with zero attached hydrogens (tertiary/aromatic N) is 2. The minimum absolute atomic E-state index is 0.105. The van der Waals surface area contributed by atoms with Gasteiger partial charge in [0.25, 0.3) is 5.91 Å². The van der Waals surface area contributed by atoms with E-state index in [4.69, 9.17) is 16.3 Å². The third-order valence-corrected chi connectivity index (χ3v) is 7.18. The number of para-hydroxylation sites is 1. The molecule has 0 atom stereocenters. The second-order valence-corrected chi connectivity index (χ2v) is 9.67. The molecule has 0 aliphatic carbocycles. The first-order valence-corrected chi connectivity index (χ1v) is 11.7. The topological polar surface area (TPSA) is 80.6 Å². The number of ether oxygens (including phenoxy) is 1. The first-order chi connectivity index (χ1) is 14.8. The molecule has 2 heterocycles. The fourth-order valence-corrected chi connectivity index (χ4v) is 5.23. The predicted octanol–water partition coefficient (Wildman–Crippen LogP) is 4.51. The summed E-state index contributed by atoms with van der Waals surface area (Å²) in [6, 6.07) is 15.5. The Labute approximate surface area is 186 Å². The minimum Gasteiger partial charge on any atom is -0.455 e. The Morgan fingerprint density at radius 3 is 2.48 bits per heavy atom. The molecule has 1 fully saturated rings. The number of aryl methyl sites for hydroxylation is 1. The fraction of sp³-hybridized carbons (Fsp3) is 0.227. The van der Waals surface area contributed by atoms with Gasteiger partial charge in [0.2, 0.25) is 10.0 Å². The van der Waals surface area contributed by atoms with Crippen molar-refractivity contribution in [1.82, 2.24) is 8.87 Å². The van der Waals surface area contributed by atoms with Crippen molar-refractivity contribution in [2.24, 2.45) is 7.05 Å². The summed E-state index contributed by atoms with van der Waals surface area (Å²) < 4.78 is 34.5. The van der Waals surface area contributed by atoms with Crippen molar-refractivity contribution >= 4 is 33.2 Å². The van der Waals surface area contributed by atoms with Crippen LogP contribution in [0.2, 0.25) is 5.02 Å². The van der Waals surface area contributed by atoms with Gasteiger partial charge in [0, 0.05) is 31.4 Å². The van der Waals surface area contributed by atoms with Crippen molar-refractivity contribution in [3.63, 3.8) is 0 Å². The number of carbonyl (C=O) groups excluding carboxylic acids is 1. The maximum absolute atomic E-state index is 13.0. The molecule has 162 valence electrons. The van der Waals surface area contributed by atoms with Gasteiger partial charge in [0.05, 0.1) is 5.69 Å². The van der Waals surface area contributed by atoms with Crippen molar-refractivity contribution in [3.05, 3.63) is 71.5 Å². The van der Waals surface area contributed by atoms with Crippen LogP contribution in [0.25, 0.3) is 0 Å². The number of carbonyl (C=O) groups is 1. The van der Waals surface area contributed by atoms with Crippen molar-refractivity contribution in [1.29, 1.82) is 0 Å². The second kappa shape index (κ2) is 8.74. The summed E-state index contributed by atoms with van der Waals surface area (Å²) in [5.74, 6) is 0.562. The summed E-state index contributed by atoms with van der Waals surface area (Å²) in [6.45, 7) is 1.00. The summed E-state index contributed by atoms with van der Waals surface area (Å²) in [6.07, 6.45) is 3.15. The van der Waals surface area contributed by atoms with Gasteiger partial charge in [0.1, 0.15) is 16.3 Å². The van der Waals surface area contributed by atoms with Crippen LogP contribution in [0.1, 0.15) is 23.3 Å². The molecule has 0 saturated carbocycles. The van der Waals surface area contributed by atoms with Crippen molar-refractivity contribution in [2.75, 3.05) is 18.4 Å². The molecule has 3 aromatic rings. The molecule has 1 aromatic heterocycles. The number of hydrogen-bond acceptors (Lipinski definition) is 4. The third-order valence-electron chi connectivity index (χ3n) is 5.08. The molecule has 0 unspecified atom stereocenters. The van der Waals surface area contributed by atoms with Crippen molar-refractivity contribution in [3.8, 4) is 11.5 Å².